The van der Waals surface area contributed by atoms with Gasteiger partial charge in [0.1, 0.15) is 0 Å². The average molecular weight is 304 g/mol. The van der Waals surface area contributed by atoms with Crippen molar-refractivity contribution in [3.63, 3.8) is 0 Å². The molecule has 21 heavy (non-hydrogen) atoms. The number of nitrogens with zero attached hydrogens (tertiary/aromatic N) is 2. The fraction of sp³-hybridized carbons (Fsp3) is 0.333. The maximum absolute atomic E-state index is 11.9. The highest BCUT2D eigenvalue weighted by atomic mass is 32.2. The fourth-order valence-electron chi connectivity index (χ4n) is 2.26. The number of thioether (sulfide) groups is 1. The van der Waals surface area contributed by atoms with Crippen molar-refractivity contribution in [1.82, 2.24) is 4.90 Å². The molecule has 0 saturated heterocycles. The molecule has 1 heterocycles. The Bertz CT molecular complexity index is 609. The first kappa shape index (κ1) is 15.6. The van der Waals surface area contributed by atoms with Crippen molar-refractivity contribution in [2.24, 2.45) is 16.5 Å². The van der Waals surface area contributed by atoms with Crippen molar-refractivity contribution in [1.29, 1.82) is 0 Å². The van der Waals surface area contributed by atoms with E-state index in [0.717, 1.165) is 17.0 Å². The molecule has 0 saturated carbocycles. The van der Waals surface area contributed by atoms with Crippen LogP contribution in [0.5, 0.6) is 0 Å². The Morgan fingerprint density at radius 1 is 1.38 bits per heavy atom. The second-order valence-electron chi connectivity index (χ2n) is 4.95. The first-order valence-corrected chi connectivity index (χ1v) is 7.91. The van der Waals surface area contributed by atoms with Crippen molar-refractivity contribution < 1.29 is 4.79 Å². The third kappa shape index (κ3) is 3.65. The molecule has 5 nitrogen and oxygen atoms in total. The van der Waals surface area contributed by atoms with Gasteiger partial charge in [-0.3, -0.25) is 14.7 Å². The molecule has 112 valence electrons. The predicted octanol–water partition coefficient (Wildman–Crippen LogP) is 0.950. The van der Waals surface area contributed by atoms with Crippen LogP contribution in [-0.2, 0) is 4.79 Å². The summed E-state index contributed by atoms with van der Waals surface area (Å²) in [5.74, 6) is -0.531. The molecule has 6 heteroatoms. The van der Waals surface area contributed by atoms with E-state index >= 15 is 0 Å². The average Bonchev–Trinajstić information content (AvgIpc) is 2.47. The Hall–Kier alpha value is -1.79. The fourth-order valence-corrected chi connectivity index (χ4v) is 2.72. The van der Waals surface area contributed by atoms with Gasteiger partial charge in [0.25, 0.3) is 5.91 Å². The molecule has 0 unspecified atom stereocenters. The summed E-state index contributed by atoms with van der Waals surface area (Å²) < 4.78 is 0. The van der Waals surface area contributed by atoms with Crippen molar-refractivity contribution in [2.45, 2.75) is 4.90 Å². The maximum Gasteiger partial charge on any atom is 0.252 e. The Balaban J connectivity index is 2.48. The maximum atomic E-state index is 11.9. The van der Waals surface area contributed by atoms with E-state index in [0.29, 0.717) is 30.1 Å². The minimum atomic E-state index is -0.531. The highest BCUT2D eigenvalue weighted by Crippen LogP contribution is 2.22. The summed E-state index contributed by atoms with van der Waals surface area (Å²) in [6.07, 6.45) is 1.99. The molecular weight excluding hydrogens is 284 g/mol. The molecule has 1 amide bonds. The van der Waals surface area contributed by atoms with Crippen molar-refractivity contribution in [3.8, 4) is 0 Å². The van der Waals surface area contributed by atoms with Crippen LogP contribution in [0.2, 0.25) is 0 Å². The lowest BCUT2D eigenvalue weighted by molar-refractivity contribution is -0.114. The van der Waals surface area contributed by atoms with Crippen LogP contribution in [0, 0.1) is 0 Å². The number of rotatable bonds is 4. The Morgan fingerprint density at radius 3 is 2.76 bits per heavy atom. The van der Waals surface area contributed by atoms with E-state index < -0.39 is 5.91 Å². The van der Waals surface area contributed by atoms with Gasteiger partial charge < -0.3 is 11.5 Å². The highest BCUT2D eigenvalue weighted by molar-refractivity contribution is 7.98. The minimum Gasteiger partial charge on any atom is -0.398 e. The summed E-state index contributed by atoms with van der Waals surface area (Å²) in [7, 11) is 1.98. The van der Waals surface area contributed by atoms with Gasteiger partial charge in [-0.05, 0) is 31.0 Å². The lowest BCUT2D eigenvalue weighted by atomic mass is 10.0. The number of hydrogen-bond donors (Lipinski definition) is 2. The van der Waals surface area contributed by atoms with Gasteiger partial charge in [-0.25, -0.2) is 0 Å². The zero-order valence-corrected chi connectivity index (χ0v) is 13.1. The van der Waals surface area contributed by atoms with Gasteiger partial charge >= 0.3 is 0 Å². The number of nitrogens with two attached hydrogens (primary N) is 2. The first-order valence-electron chi connectivity index (χ1n) is 6.69. The number of benzene rings is 1. The lowest BCUT2D eigenvalue weighted by Gasteiger charge is -2.23. The van der Waals surface area contributed by atoms with E-state index in [1.54, 1.807) is 11.8 Å². The largest absolute Gasteiger partial charge is 0.398 e. The van der Waals surface area contributed by atoms with E-state index in [4.69, 9.17) is 11.5 Å². The van der Waals surface area contributed by atoms with E-state index in [9.17, 15) is 4.79 Å². The Morgan fingerprint density at radius 2 is 2.14 bits per heavy atom. The number of carbonyl (C=O) groups is 1. The molecule has 4 N–H and O–H groups in total. The smallest absolute Gasteiger partial charge is 0.252 e. The standard InChI is InChI=1S/C15H20N4OS/c1-19-7-6-18-12(9-19)13(15(17)20)14(16)10-4-3-5-11(8-10)21-2/h3-5,8H,6-7,9,16H2,1-2H3,(H2,17,20). The summed E-state index contributed by atoms with van der Waals surface area (Å²) >= 11 is 1.62. The van der Waals surface area contributed by atoms with Crippen LogP contribution in [0.3, 0.4) is 0 Å². The second-order valence-corrected chi connectivity index (χ2v) is 5.83. The van der Waals surface area contributed by atoms with Gasteiger partial charge in [0.15, 0.2) is 0 Å². The van der Waals surface area contributed by atoms with Crippen LogP contribution in [0.1, 0.15) is 5.56 Å². The van der Waals surface area contributed by atoms with E-state index in [1.807, 2.05) is 37.6 Å². The third-order valence-electron chi connectivity index (χ3n) is 3.39. The summed E-state index contributed by atoms with van der Waals surface area (Å²) in [4.78, 5) is 19.5. The number of aliphatic imine (C=N–C) groups is 1. The van der Waals surface area contributed by atoms with Crippen LogP contribution < -0.4 is 11.5 Å². The molecule has 0 aliphatic carbocycles. The molecule has 0 spiro atoms. The van der Waals surface area contributed by atoms with Gasteiger partial charge in [0.05, 0.1) is 23.5 Å². The monoisotopic (exact) mass is 304 g/mol. The van der Waals surface area contributed by atoms with Gasteiger partial charge in [0, 0.05) is 18.0 Å². The summed E-state index contributed by atoms with van der Waals surface area (Å²) in [6.45, 7) is 2.11. The molecule has 1 aliphatic heterocycles. The number of carbonyl (C=O) groups excluding carboxylic acids is 1. The molecule has 1 aromatic carbocycles. The number of primary amides is 1. The highest BCUT2D eigenvalue weighted by Gasteiger charge is 2.22. The van der Waals surface area contributed by atoms with Crippen molar-refractivity contribution in [2.75, 3.05) is 32.9 Å². The van der Waals surface area contributed by atoms with E-state index in [-0.39, 0.29) is 0 Å². The first-order chi connectivity index (χ1) is 10.0. The predicted molar refractivity (Wildman–Crippen MR) is 88.3 cm³/mol. The van der Waals surface area contributed by atoms with Crippen LogP contribution in [0.25, 0.3) is 5.70 Å². The van der Waals surface area contributed by atoms with Gasteiger partial charge in [-0.15, -0.1) is 11.8 Å². The van der Waals surface area contributed by atoms with Gasteiger partial charge in [-0.1, -0.05) is 12.1 Å². The molecule has 0 radical (unpaired) electrons. The van der Waals surface area contributed by atoms with E-state index in [1.165, 1.54) is 0 Å². The zero-order chi connectivity index (χ0) is 15.4. The quantitative estimate of drug-likeness (QED) is 0.641. The number of likely N-dealkylation sites (N-methyl/N-ethyl adjacent to an activating group) is 1. The topological polar surface area (TPSA) is 84.7 Å². The second kappa shape index (κ2) is 6.78. The molecule has 0 aromatic heterocycles. The van der Waals surface area contributed by atoms with E-state index in [2.05, 4.69) is 9.89 Å². The number of amides is 1. The molecule has 0 atom stereocenters. The van der Waals surface area contributed by atoms with Gasteiger partial charge in [0.2, 0.25) is 0 Å². The SMILES string of the molecule is CSc1cccc(C(N)=C(C(N)=O)C2=NCCN(C)C2)c1. The van der Waals surface area contributed by atoms with Crippen LogP contribution in [-0.4, -0.2) is 49.5 Å². The molecule has 0 fully saturated rings. The molecule has 1 aromatic rings. The molecule has 0 bridgehead atoms. The van der Waals surface area contributed by atoms with Crippen molar-refractivity contribution >= 4 is 29.1 Å². The minimum absolute atomic E-state index is 0.333. The van der Waals surface area contributed by atoms with Crippen LogP contribution in [0.15, 0.2) is 39.7 Å². The van der Waals surface area contributed by atoms with Crippen molar-refractivity contribution in [3.05, 3.63) is 35.4 Å². The molecule has 2 rings (SSSR count). The summed E-state index contributed by atoms with van der Waals surface area (Å²) in [6, 6.07) is 7.75. The summed E-state index contributed by atoms with van der Waals surface area (Å²) in [5, 5.41) is 0. The lowest BCUT2D eigenvalue weighted by Crippen LogP contribution is -2.37. The van der Waals surface area contributed by atoms with Gasteiger partial charge in [-0.2, -0.15) is 0 Å². The molecular formula is C15H20N4OS. The summed E-state index contributed by atoms with van der Waals surface area (Å²) in [5.41, 5.74) is 13.9. The zero-order valence-electron chi connectivity index (χ0n) is 12.3. The number of hydrogen-bond acceptors (Lipinski definition) is 5. The molecule has 1 aliphatic rings. The third-order valence-corrected chi connectivity index (χ3v) is 4.11. The Labute approximate surface area is 129 Å². The normalized spacial score (nSPS) is 17.1. The van der Waals surface area contributed by atoms with Crippen LogP contribution in [0.4, 0.5) is 0 Å². The Kier molecular flexibility index (Phi) is 5.03. The van der Waals surface area contributed by atoms with Crippen LogP contribution >= 0.6 is 11.8 Å².